The fourth-order valence-corrected chi connectivity index (χ4v) is 1.16. The monoisotopic (exact) mass is 281 g/mol. The third-order valence-corrected chi connectivity index (χ3v) is 1.96. The van der Waals surface area contributed by atoms with Crippen molar-refractivity contribution in [3.05, 3.63) is 23.6 Å². The molecule has 0 fully saturated rings. The second-order valence-corrected chi connectivity index (χ2v) is 3.48. The number of carbonyl (C=O) groups excluding carboxylic acids is 1. The number of amides is 1. The van der Waals surface area contributed by atoms with Crippen LogP contribution in [0.3, 0.4) is 0 Å². The number of pyridine rings is 1. The van der Waals surface area contributed by atoms with Gasteiger partial charge in [0, 0.05) is 12.7 Å². The van der Waals surface area contributed by atoms with Gasteiger partial charge in [0.25, 0.3) is 5.91 Å². The van der Waals surface area contributed by atoms with E-state index in [1.807, 2.05) is 0 Å². The molecular formula is C10H11F4N3O2. The van der Waals surface area contributed by atoms with E-state index in [9.17, 15) is 22.4 Å². The zero-order valence-electron chi connectivity index (χ0n) is 9.63. The van der Waals surface area contributed by atoms with Crippen LogP contribution in [0, 0.1) is 5.82 Å². The van der Waals surface area contributed by atoms with Crippen LogP contribution in [0.5, 0.6) is 0 Å². The summed E-state index contributed by atoms with van der Waals surface area (Å²) in [5, 5.41) is 2.20. The van der Waals surface area contributed by atoms with Gasteiger partial charge in [-0.25, -0.2) is 9.37 Å². The molecule has 1 amide bonds. The van der Waals surface area contributed by atoms with Gasteiger partial charge in [0.05, 0.1) is 12.2 Å². The zero-order valence-corrected chi connectivity index (χ0v) is 9.63. The maximum Gasteiger partial charge on any atom is 0.411 e. The molecule has 0 atom stereocenters. The average molecular weight is 281 g/mol. The highest BCUT2D eigenvalue weighted by Gasteiger charge is 2.27. The Hall–Kier alpha value is -1.90. The third-order valence-electron chi connectivity index (χ3n) is 1.96. The van der Waals surface area contributed by atoms with E-state index in [4.69, 9.17) is 5.73 Å². The highest BCUT2D eigenvalue weighted by Crippen LogP contribution is 2.14. The van der Waals surface area contributed by atoms with Crippen molar-refractivity contribution >= 4 is 11.7 Å². The van der Waals surface area contributed by atoms with Crippen molar-refractivity contribution in [3.63, 3.8) is 0 Å². The van der Waals surface area contributed by atoms with E-state index in [2.05, 4.69) is 15.0 Å². The van der Waals surface area contributed by atoms with Gasteiger partial charge in [0.2, 0.25) is 0 Å². The molecule has 1 rings (SSSR count). The minimum Gasteiger partial charge on any atom is -0.381 e. The molecule has 0 spiro atoms. The lowest BCUT2D eigenvalue weighted by molar-refractivity contribution is -0.173. The molecule has 5 nitrogen and oxygen atoms in total. The van der Waals surface area contributed by atoms with E-state index in [0.29, 0.717) is 0 Å². The standard InChI is InChI=1S/C10H11F4N3O2/c11-7-6(1-2-16-8(7)15)9(18)17-3-4-19-5-10(12,13)14/h1-2H,3-5H2,(H2,15,16)(H,17,18). The van der Waals surface area contributed by atoms with Gasteiger partial charge in [-0.2, -0.15) is 13.2 Å². The average Bonchev–Trinajstić information content (AvgIpc) is 2.30. The summed E-state index contributed by atoms with van der Waals surface area (Å²) in [6.45, 7) is -1.93. The van der Waals surface area contributed by atoms with Crippen molar-refractivity contribution in [2.75, 3.05) is 25.5 Å². The summed E-state index contributed by atoms with van der Waals surface area (Å²) in [4.78, 5) is 14.9. The minimum absolute atomic E-state index is 0.184. The maximum atomic E-state index is 13.4. The highest BCUT2D eigenvalue weighted by atomic mass is 19.4. The van der Waals surface area contributed by atoms with E-state index in [1.54, 1.807) is 0 Å². The highest BCUT2D eigenvalue weighted by molar-refractivity contribution is 5.95. The van der Waals surface area contributed by atoms with Crippen LogP contribution in [0.25, 0.3) is 0 Å². The van der Waals surface area contributed by atoms with Gasteiger partial charge >= 0.3 is 6.18 Å². The molecular weight excluding hydrogens is 270 g/mol. The van der Waals surface area contributed by atoms with Crippen LogP contribution in [-0.2, 0) is 4.74 Å². The van der Waals surface area contributed by atoms with Crippen molar-refractivity contribution in [2.45, 2.75) is 6.18 Å². The molecule has 106 valence electrons. The van der Waals surface area contributed by atoms with E-state index in [-0.39, 0.29) is 18.7 Å². The molecule has 0 saturated carbocycles. The summed E-state index contributed by atoms with van der Waals surface area (Å²) in [5.74, 6) is -2.21. The van der Waals surface area contributed by atoms with Crippen LogP contribution < -0.4 is 11.1 Å². The number of anilines is 1. The lowest BCUT2D eigenvalue weighted by Crippen LogP contribution is -2.29. The van der Waals surface area contributed by atoms with Crippen LogP contribution in [0.2, 0.25) is 0 Å². The summed E-state index contributed by atoms with van der Waals surface area (Å²) in [6, 6.07) is 1.11. The summed E-state index contributed by atoms with van der Waals surface area (Å²) in [6.07, 6.45) is -3.27. The first-order valence-corrected chi connectivity index (χ1v) is 5.14. The number of nitrogen functional groups attached to an aromatic ring is 1. The van der Waals surface area contributed by atoms with Gasteiger partial charge < -0.3 is 15.8 Å². The molecule has 0 aliphatic heterocycles. The van der Waals surface area contributed by atoms with Crippen molar-refractivity contribution in [1.82, 2.24) is 10.3 Å². The molecule has 9 heteroatoms. The number of hydrogen-bond acceptors (Lipinski definition) is 4. The van der Waals surface area contributed by atoms with Gasteiger partial charge in [-0.15, -0.1) is 0 Å². The third kappa shape index (κ3) is 5.08. The van der Waals surface area contributed by atoms with Crippen LogP contribution in [0.15, 0.2) is 12.3 Å². The fourth-order valence-electron chi connectivity index (χ4n) is 1.16. The number of rotatable bonds is 5. The fraction of sp³-hybridized carbons (Fsp3) is 0.400. The Morgan fingerprint density at radius 2 is 2.16 bits per heavy atom. The first-order chi connectivity index (χ1) is 8.81. The Morgan fingerprint density at radius 3 is 2.79 bits per heavy atom. The summed E-state index contributed by atoms with van der Waals surface area (Å²) >= 11 is 0. The van der Waals surface area contributed by atoms with E-state index in [0.717, 1.165) is 12.3 Å². The number of hydrogen-bond donors (Lipinski definition) is 2. The molecule has 1 aromatic rings. The number of aromatic nitrogens is 1. The summed E-state index contributed by atoms with van der Waals surface area (Å²) in [7, 11) is 0. The molecule has 0 bridgehead atoms. The molecule has 0 aliphatic carbocycles. The van der Waals surface area contributed by atoms with Crippen molar-refractivity contribution in [2.24, 2.45) is 0 Å². The molecule has 3 N–H and O–H groups in total. The van der Waals surface area contributed by atoms with Crippen molar-refractivity contribution < 1.29 is 27.1 Å². The number of nitrogens with two attached hydrogens (primary N) is 1. The number of halogens is 4. The van der Waals surface area contributed by atoms with Gasteiger partial charge in [0.1, 0.15) is 6.61 Å². The first-order valence-electron chi connectivity index (χ1n) is 5.14. The second kappa shape index (κ2) is 6.32. The smallest absolute Gasteiger partial charge is 0.381 e. The van der Waals surface area contributed by atoms with Crippen LogP contribution >= 0.6 is 0 Å². The second-order valence-electron chi connectivity index (χ2n) is 3.48. The number of ether oxygens (including phenoxy) is 1. The predicted octanol–water partition coefficient (Wildman–Crippen LogP) is 1.11. The van der Waals surface area contributed by atoms with Crippen molar-refractivity contribution in [3.8, 4) is 0 Å². The maximum absolute atomic E-state index is 13.4. The molecule has 0 aliphatic rings. The van der Waals surface area contributed by atoms with Crippen molar-refractivity contribution in [1.29, 1.82) is 0 Å². The molecule has 19 heavy (non-hydrogen) atoms. The zero-order chi connectivity index (χ0) is 14.5. The molecule has 0 unspecified atom stereocenters. The van der Waals surface area contributed by atoms with Gasteiger partial charge in [0.15, 0.2) is 11.6 Å². The Labute approximate surface area is 105 Å². The lowest BCUT2D eigenvalue weighted by atomic mass is 10.2. The van der Waals surface area contributed by atoms with E-state index < -0.39 is 30.3 Å². The molecule has 0 aromatic carbocycles. The van der Waals surface area contributed by atoms with Gasteiger partial charge in [-0.3, -0.25) is 4.79 Å². The van der Waals surface area contributed by atoms with E-state index in [1.165, 1.54) is 0 Å². The van der Waals surface area contributed by atoms with E-state index >= 15 is 0 Å². The molecule has 1 aromatic heterocycles. The number of alkyl halides is 3. The number of nitrogens with one attached hydrogen (secondary N) is 1. The Morgan fingerprint density at radius 1 is 1.47 bits per heavy atom. The van der Waals surface area contributed by atoms with Crippen LogP contribution in [0.1, 0.15) is 10.4 Å². The Kier molecular flexibility index (Phi) is 5.04. The first kappa shape index (κ1) is 15.2. The summed E-state index contributed by atoms with van der Waals surface area (Å²) in [5.41, 5.74) is 4.84. The normalized spacial score (nSPS) is 11.4. The molecule has 0 saturated heterocycles. The largest absolute Gasteiger partial charge is 0.411 e. The van der Waals surface area contributed by atoms with Gasteiger partial charge in [-0.1, -0.05) is 0 Å². The van der Waals surface area contributed by atoms with Gasteiger partial charge in [-0.05, 0) is 6.07 Å². The number of carbonyl (C=O) groups is 1. The Bertz CT molecular complexity index is 451. The topological polar surface area (TPSA) is 77.2 Å². The molecule has 1 heterocycles. The molecule has 0 radical (unpaired) electrons. The predicted molar refractivity (Wildman–Crippen MR) is 57.8 cm³/mol. The summed E-state index contributed by atoms with van der Waals surface area (Å²) < 4.78 is 52.8. The van der Waals surface area contributed by atoms with Crippen LogP contribution in [0.4, 0.5) is 23.4 Å². The lowest BCUT2D eigenvalue weighted by Gasteiger charge is -2.09. The van der Waals surface area contributed by atoms with Crippen LogP contribution in [-0.4, -0.2) is 36.8 Å². The SMILES string of the molecule is Nc1nccc(C(=O)NCCOCC(F)(F)F)c1F. The number of nitrogens with zero attached hydrogens (tertiary/aromatic N) is 1. The minimum atomic E-state index is -4.42. The Balaban J connectivity index is 2.38. The quantitative estimate of drug-likeness (QED) is 0.626.